The van der Waals surface area contributed by atoms with E-state index >= 15 is 0 Å². The van der Waals surface area contributed by atoms with Crippen LogP contribution in [-0.4, -0.2) is 68.5 Å². The Morgan fingerprint density at radius 3 is 2.62 bits per heavy atom. The van der Waals surface area contributed by atoms with Crippen LogP contribution in [0.25, 0.3) is 0 Å². The quantitative estimate of drug-likeness (QED) is 0.862. The highest BCUT2D eigenvalue weighted by Crippen LogP contribution is 2.18. The maximum atomic E-state index is 12.4. The summed E-state index contributed by atoms with van der Waals surface area (Å²) >= 11 is 0. The largest absolute Gasteiger partial charge is 0.370 e. The zero-order valence-corrected chi connectivity index (χ0v) is 14.2. The molecule has 3 heterocycles. The van der Waals surface area contributed by atoms with Crippen molar-refractivity contribution >= 4 is 17.5 Å². The number of anilines is 2. The zero-order valence-electron chi connectivity index (χ0n) is 14.2. The minimum Gasteiger partial charge on any atom is -0.370 e. The van der Waals surface area contributed by atoms with E-state index in [1.807, 2.05) is 19.9 Å². The molecule has 0 atom stereocenters. The Morgan fingerprint density at radius 2 is 2.00 bits per heavy atom. The van der Waals surface area contributed by atoms with Crippen molar-refractivity contribution in [3.63, 3.8) is 0 Å². The second-order valence-electron chi connectivity index (χ2n) is 5.75. The van der Waals surface area contributed by atoms with Crippen molar-refractivity contribution in [2.75, 3.05) is 42.9 Å². The van der Waals surface area contributed by atoms with Crippen LogP contribution in [0.3, 0.4) is 0 Å². The van der Waals surface area contributed by atoms with Gasteiger partial charge in [-0.1, -0.05) is 5.21 Å². The lowest BCUT2D eigenvalue weighted by Gasteiger charge is -2.35. The molecule has 128 valence electrons. The molecule has 2 aromatic rings. The normalized spacial score (nSPS) is 14.8. The van der Waals surface area contributed by atoms with Gasteiger partial charge in [-0.25, -0.2) is 9.97 Å². The Kier molecular flexibility index (Phi) is 4.59. The van der Waals surface area contributed by atoms with Crippen molar-refractivity contribution in [3.8, 4) is 0 Å². The SMILES string of the molecule is CCNc1cc(N2CCN(C(=O)c3cn(C)nn3)CC2)nc(C)n1. The first-order chi connectivity index (χ1) is 11.6. The van der Waals surface area contributed by atoms with Crippen LogP contribution in [0.1, 0.15) is 23.2 Å². The summed E-state index contributed by atoms with van der Waals surface area (Å²) in [4.78, 5) is 25.3. The molecule has 0 spiro atoms. The molecule has 0 radical (unpaired) electrons. The second kappa shape index (κ2) is 6.81. The zero-order chi connectivity index (χ0) is 17.1. The van der Waals surface area contributed by atoms with Gasteiger partial charge in [0.05, 0.1) is 6.20 Å². The van der Waals surface area contributed by atoms with Crippen LogP contribution in [0, 0.1) is 6.92 Å². The van der Waals surface area contributed by atoms with Gasteiger partial charge in [0.2, 0.25) is 0 Å². The summed E-state index contributed by atoms with van der Waals surface area (Å²) in [5.41, 5.74) is 0.387. The van der Waals surface area contributed by atoms with E-state index in [1.54, 1.807) is 18.1 Å². The summed E-state index contributed by atoms with van der Waals surface area (Å²) in [5, 5.41) is 10.9. The fraction of sp³-hybridized carbons (Fsp3) is 0.533. The third-order valence-electron chi connectivity index (χ3n) is 3.89. The molecule has 0 saturated carbocycles. The molecule has 1 aliphatic rings. The lowest BCUT2D eigenvalue weighted by molar-refractivity contribution is 0.0740. The van der Waals surface area contributed by atoms with Crippen LogP contribution in [0.5, 0.6) is 0 Å². The highest BCUT2D eigenvalue weighted by Gasteiger charge is 2.24. The van der Waals surface area contributed by atoms with Crippen LogP contribution < -0.4 is 10.2 Å². The first-order valence-corrected chi connectivity index (χ1v) is 8.07. The van der Waals surface area contributed by atoms with E-state index in [4.69, 9.17) is 0 Å². The number of nitrogens with one attached hydrogen (secondary N) is 1. The van der Waals surface area contributed by atoms with Gasteiger partial charge in [0.1, 0.15) is 17.5 Å². The Balaban J connectivity index is 1.65. The highest BCUT2D eigenvalue weighted by molar-refractivity contribution is 5.92. The molecule has 3 rings (SSSR count). The standard InChI is InChI=1S/C15H22N8O/c1-4-16-13-9-14(18-11(2)17-13)22-5-7-23(8-6-22)15(24)12-10-21(3)20-19-12/h9-10H,4-8H2,1-3H3,(H,16,17,18). The topological polar surface area (TPSA) is 92.1 Å². The van der Waals surface area contributed by atoms with Crippen LogP contribution in [0.15, 0.2) is 12.3 Å². The molecule has 1 aliphatic heterocycles. The summed E-state index contributed by atoms with van der Waals surface area (Å²) in [5.74, 6) is 2.39. The number of hydrogen-bond donors (Lipinski definition) is 1. The lowest BCUT2D eigenvalue weighted by Crippen LogP contribution is -2.49. The van der Waals surface area contributed by atoms with Gasteiger partial charge in [0.15, 0.2) is 5.69 Å². The smallest absolute Gasteiger partial charge is 0.276 e. The summed E-state index contributed by atoms with van der Waals surface area (Å²) in [6.45, 7) is 7.47. The monoisotopic (exact) mass is 330 g/mol. The molecule has 0 aliphatic carbocycles. The third-order valence-corrected chi connectivity index (χ3v) is 3.89. The van der Waals surface area contributed by atoms with E-state index in [1.165, 1.54) is 4.68 Å². The first kappa shape index (κ1) is 16.2. The fourth-order valence-electron chi connectivity index (χ4n) is 2.73. The predicted molar refractivity (Wildman–Crippen MR) is 90.1 cm³/mol. The fourth-order valence-corrected chi connectivity index (χ4v) is 2.73. The lowest BCUT2D eigenvalue weighted by atomic mass is 10.2. The molecule has 1 N–H and O–H groups in total. The van der Waals surface area contributed by atoms with E-state index in [0.717, 1.165) is 37.1 Å². The molecule has 1 saturated heterocycles. The van der Waals surface area contributed by atoms with Gasteiger partial charge in [-0.3, -0.25) is 9.48 Å². The van der Waals surface area contributed by atoms with Crippen molar-refractivity contribution in [3.05, 3.63) is 23.8 Å². The first-order valence-electron chi connectivity index (χ1n) is 8.07. The molecular weight excluding hydrogens is 308 g/mol. The highest BCUT2D eigenvalue weighted by atomic mass is 16.2. The molecule has 9 heteroatoms. The van der Waals surface area contributed by atoms with Gasteiger partial charge in [-0.2, -0.15) is 0 Å². The van der Waals surface area contributed by atoms with Gasteiger partial charge in [0, 0.05) is 45.8 Å². The van der Waals surface area contributed by atoms with Gasteiger partial charge >= 0.3 is 0 Å². The second-order valence-corrected chi connectivity index (χ2v) is 5.75. The molecule has 24 heavy (non-hydrogen) atoms. The van der Waals surface area contributed by atoms with Crippen molar-refractivity contribution < 1.29 is 4.79 Å². The minimum atomic E-state index is -0.0741. The maximum absolute atomic E-state index is 12.4. The van der Waals surface area contributed by atoms with Gasteiger partial charge in [-0.05, 0) is 13.8 Å². The summed E-state index contributed by atoms with van der Waals surface area (Å²) in [6.07, 6.45) is 1.64. The molecule has 0 aromatic carbocycles. The summed E-state index contributed by atoms with van der Waals surface area (Å²) in [6, 6.07) is 1.96. The maximum Gasteiger partial charge on any atom is 0.276 e. The number of rotatable bonds is 4. The molecule has 9 nitrogen and oxygen atoms in total. The van der Waals surface area contributed by atoms with Crippen LogP contribution in [-0.2, 0) is 7.05 Å². The van der Waals surface area contributed by atoms with Crippen molar-refractivity contribution in [1.82, 2.24) is 29.9 Å². The number of carbonyl (C=O) groups is 1. The molecule has 0 unspecified atom stereocenters. The average molecular weight is 330 g/mol. The van der Waals surface area contributed by atoms with Gasteiger partial charge in [-0.15, -0.1) is 5.10 Å². The van der Waals surface area contributed by atoms with Crippen LogP contribution >= 0.6 is 0 Å². The van der Waals surface area contributed by atoms with E-state index in [2.05, 4.69) is 30.5 Å². The predicted octanol–water partition coefficient (Wildman–Crippen LogP) is 0.308. The number of piperazine rings is 1. The molecular formula is C15H22N8O. The van der Waals surface area contributed by atoms with Crippen molar-refractivity contribution in [2.45, 2.75) is 13.8 Å². The number of nitrogens with zero attached hydrogens (tertiary/aromatic N) is 7. The molecule has 1 amide bonds. The van der Waals surface area contributed by atoms with Crippen LogP contribution in [0.2, 0.25) is 0 Å². The number of hydrogen-bond acceptors (Lipinski definition) is 7. The minimum absolute atomic E-state index is 0.0741. The number of amides is 1. The number of aromatic nitrogens is 5. The Morgan fingerprint density at radius 1 is 1.25 bits per heavy atom. The van der Waals surface area contributed by atoms with Crippen LogP contribution in [0.4, 0.5) is 11.6 Å². The average Bonchev–Trinajstić information content (AvgIpc) is 3.00. The van der Waals surface area contributed by atoms with E-state index < -0.39 is 0 Å². The third kappa shape index (κ3) is 3.44. The van der Waals surface area contributed by atoms with Gasteiger partial charge in [0.25, 0.3) is 5.91 Å². The van der Waals surface area contributed by atoms with Crippen molar-refractivity contribution in [1.29, 1.82) is 0 Å². The van der Waals surface area contributed by atoms with Gasteiger partial charge < -0.3 is 15.1 Å². The van der Waals surface area contributed by atoms with E-state index in [0.29, 0.717) is 18.8 Å². The van der Waals surface area contributed by atoms with Crippen molar-refractivity contribution in [2.24, 2.45) is 7.05 Å². The number of carbonyl (C=O) groups excluding carboxylic acids is 1. The Bertz CT molecular complexity index is 720. The summed E-state index contributed by atoms with van der Waals surface area (Å²) < 4.78 is 1.54. The van der Waals surface area contributed by atoms with E-state index in [-0.39, 0.29) is 5.91 Å². The Hall–Kier alpha value is -2.71. The molecule has 1 fully saturated rings. The van der Waals surface area contributed by atoms with E-state index in [9.17, 15) is 4.79 Å². The summed E-state index contributed by atoms with van der Waals surface area (Å²) in [7, 11) is 1.75. The Labute approximate surface area is 140 Å². The molecule has 2 aromatic heterocycles. The molecule has 0 bridgehead atoms. The number of aryl methyl sites for hydroxylation is 2.